The molecule has 3 N–H and O–H groups in total. The number of ether oxygens (including phenoxy) is 1. The van der Waals surface area contributed by atoms with E-state index >= 15 is 0 Å². The lowest BCUT2D eigenvalue weighted by molar-refractivity contribution is 0.0668. The third kappa shape index (κ3) is 5.45. The van der Waals surface area contributed by atoms with Crippen LogP contribution in [0, 0.1) is 12.7 Å². The van der Waals surface area contributed by atoms with Crippen molar-refractivity contribution < 1.29 is 19.0 Å². The molecule has 192 valence electrons. The fraction of sp³-hybridized carbons (Fsp3) is 0.500. The summed E-state index contributed by atoms with van der Waals surface area (Å²) >= 11 is 1.35. The smallest absolute Gasteiger partial charge is 0.261 e. The maximum atomic E-state index is 14.1. The van der Waals surface area contributed by atoms with E-state index in [2.05, 4.69) is 32.5 Å². The van der Waals surface area contributed by atoms with Crippen LogP contribution >= 0.6 is 11.3 Å². The molecule has 1 aromatic carbocycles. The van der Waals surface area contributed by atoms with Gasteiger partial charge in [0, 0.05) is 12.1 Å². The highest BCUT2D eigenvalue weighted by Gasteiger charge is 2.25. The van der Waals surface area contributed by atoms with E-state index in [1.54, 1.807) is 6.07 Å². The van der Waals surface area contributed by atoms with Crippen molar-refractivity contribution in [2.45, 2.75) is 63.7 Å². The molecule has 8 nitrogen and oxygen atoms in total. The standard InChI is InChI=1S/C26H32FN5O3S/c1-15-22-24(31-20-8-3-16(27)13-21(20)35-19-6-4-18(33)5-7-19)28-14-29-26(22)36-23(15)25(34)30-17-9-11-32(2)12-10-17/h3,8,13-14,17-19,33H,4-7,9-12H2,1-2H3,(H,30,34)(H,28,29,31)/t18-,19-. The normalized spacial score (nSPS) is 21.4. The van der Waals surface area contributed by atoms with Gasteiger partial charge in [-0.3, -0.25) is 4.79 Å². The number of nitrogens with zero attached hydrogens (tertiary/aromatic N) is 3. The largest absolute Gasteiger partial charge is 0.488 e. The minimum atomic E-state index is -0.390. The highest BCUT2D eigenvalue weighted by Crippen LogP contribution is 2.37. The number of aliphatic hydroxyl groups is 1. The highest BCUT2D eigenvalue weighted by atomic mass is 32.1. The van der Waals surface area contributed by atoms with Crippen molar-refractivity contribution in [3.63, 3.8) is 0 Å². The summed E-state index contributed by atoms with van der Waals surface area (Å²) in [4.78, 5) is 25.6. The quantitative estimate of drug-likeness (QED) is 0.450. The summed E-state index contributed by atoms with van der Waals surface area (Å²) in [5.74, 6) is 0.471. The average Bonchev–Trinajstić information content (AvgIpc) is 3.21. The lowest BCUT2D eigenvalue weighted by atomic mass is 9.95. The van der Waals surface area contributed by atoms with E-state index in [1.807, 2.05) is 6.92 Å². The second-order valence-corrected chi connectivity index (χ2v) is 10.8. The number of likely N-dealkylation sites (tertiary alicyclic amines) is 1. The molecule has 2 fully saturated rings. The Labute approximate surface area is 213 Å². The Morgan fingerprint density at radius 1 is 1.17 bits per heavy atom. The van der Waals surface area contributed by atoms with Crippen LogP contribution in [0.2, 0.25) is 0 Å². The monoisotopic (exact) mass is 513 g/mol. The molecular weight excluding hydrogens is 481 g/mol. The van der Waals surface area contributed by atoms with Crippen LogP contribution in [0.25, 0.3) is 10.2 Å². The number of aliphatic hydroxyl groups excluding tert-OH is 1. The van der Waals surface area contributed by atoms with Gasteiger partial charge in [0.15, 0.2) is 0 Å². The van der Waals surface area contributed by atoms with E-state index in [1.165, 1.54) is 29.8 Å². The van der Waals surface area contributed by atoms with Crippen LogP contribution < -0.4 is 15.4 Å². The molecule has 2 aliphatic rings. The highest BCUT2D eigenvalue weighted by molar-refractivity contribution is 7.20. The summed E-state index contributed by atoms with van der Waals surface area (Å²) in [6, 6.07) is 4.54. The average molecular weight is 514 g/mol. The first-order valence-corrected chi connectivity index (χ1v) is 13.3. The zero-order valence-corrected chi connectivity index (χ0v) is 21.4. The Bertz CT molecular complexity index is 1240. The molecule has 0 unspecified atom stereocenters. The number of halogens is 1. The number of piperidine rings is 1. The van der Waals surface area contributed by atoms with Crippen LogP contribution in [0.15, 0.2) is 24.5 Å². The molecule has 1 saturated heterocycles. The third-order valence-electron chi connectivity index (χ3n) is 7.12. The van der Waals surface area contributed by atoms with E-state index in [0.717, 1.165) is 36.9 Å². The number of aryl methyl sites for hydroxylation is 1. The molecule has 0 atom stereocenters. The second-order valence-electron chi connectivity index (χ2n) is 9.82. The van der Waals surface area contributed by atoms with E-state index in [-0.39, 0.29) is 30.0 Å². The van der Waals surface area contributed by atoms with Crippen LogP contribution in [-0.4, -0.2) is 64.3 Å². The first kappa shape index (κ1) is 24.9. The summed E-state index contributed by atoms with van der Waals surface area (Å²) in [6.45, 7) is 3.85. The second kappa shape index (κ2) is 10.7. The number of carbonyl (C=O) groups excluding carboxylic acids is 1. The third-order valence-corrected chi connectivity index (χ3v) is 8.32. The predicted octanol–water partition coefficient (Wildman–Crippen LogP) is 4.39. The summed E-state index contributed by atoms with van der Waals surface area (Å²) in [7, 11) is 2.10. The number of benzene rings is 1. The molecule has 1 aliphatic heterocycles. The minimum Gasteiger partial charge on any atom is -0.488 e. The van der Waals surface area contributed by atoms with Crippen molar-refractivity contribution in [1.82, 2.24) is 20.2 Å². The van der Waals surface area contributed by atoms with Crippen molar-refractivity contribution in [2.75, 3.05) is 25.5 Å². The number of nitrogens with one attached hydrogen (secondary N) is 2. The van der Waals surface area contributed by atoms with Crippen molar-refractivity contribution in [1.29, 1.82) is 0 Å². The number of hydrogen-bond acceptors (Lipinski definition) is 8. The van der Waals surface area contributed by atoms with E-state index in [4.69, 9.17) is 4.74 Å². The van der Waals surface area contributed by atoms with E-state index in [0.29, 0.717) is 52.6 Å². The fourth-order valence-electron chi connectivity index (χ4n) is 4.95. The molecule has 2 aromatic heterocycles. The first-order valence-electron chi connectivity index (χ1n) is 12.5. The predicted molar refractivity (Wildman–Crippen MR) is 139 cm³/mol. The van der Waals surface area contributed by atoms with Gasteiger partial charge in [0.2, 0.25) is 0 Å². The molecular formula is C26H32FN5O3S. The van der Waals surface area contributed by atoms with Gasteiger partial charge >= 0.3 is 0 Å². The Hall–Kier alpha value is -2.82. The molecule has 3 heterocycles. The van der Waals surface area contributed by atoms with Gasteiger partial charge in [0.1, 0.15) is 28.5 Å². The summed E-state index contributed by atoms with van der Waals surface area (Å²) in [5.41, 5.74) is 1.40. The van der Waals surface area contributed by atoms with Crippen LogP contribution in [0.5, 0.6) is 5.75 Å². The topological polar surface area (TPSA) is 99.6 Å². The maximum Gasteiger partial charge on any atom is 0.261 e. The lowest BCUT2D eigenvalue weighted by Crippen LogP contribution is -2.43. The van der Waals surface area contributed by atoms with Gasteiger partial charge in [-0.2, -0.15) is 0 Å². The number of fused-ring (bicyclic) bond motifs is 1. The van der Waals surface area contributed by atoms with Crippen molar-refractivity contribution in [3.8, 4) is 5.75 Å². The minimum absolute atomic E-state index is 0.0821. The number of thiophene rings is 1. The molecule has 36 heavy (non-hydrogen) atoms. The summed E-state index contributed by atoms with van der Waals surface area (Å²) < 4.78 is 20.3. The number of aromatic nitrogens is 2. The number of rotatable bonds is 6. The van der Waals surface area contributed by atoms with Gasteiger partial charge in [0.25, 0.3) is 5.91 Å². The van der Waals surface area contributed by atoms with Gasteiger partial charge < -0.3 is 25.4 Å². The van der Waals surface area contributed by atoms with Crippen LogP contribution in [0.4, 0.5) is 15.9 Å². The van der Waals surface area contributed by atoms with Crippen molar-refractivity contribution in [3.05, 3.63) is 40.8 Å². The van der Waals surface area contributed by atoms with Gasteiger partial charge in [-0.05, 0) is 83.3 Å². The van der Waals surface area contributed by atoms with Crippen molar-refractivity contribution in [2.24, 2.45) is 0 Å². The van der Waals surface area contributed by atoms with E-state index in [9.17, 15) is 14.3 Å². The molecule has 1 amide bonds. The summed E-state index contributed by atoms with van der Waals surface area (Å²) in [5, 5.41) is 17.0. The summed E-state index contributed by atoms with van der Waals surface area (Å²) in [6.07, 6.45) is 5.74. The van der Waals surface area contributed by atoms with E-state index < -0.39 is 0 Å². The van der Waals surface area contributed by atoms with Gasteiger partial charge in [-0.25, -0.2) is 14.4 Å². The number of amides is 1. The van der Waals surface area contributed by atoms with Gasteiger partial charge in [-0.1, -0.05) is 0 Å². The molecule has 0 bridgehead atoms. The first-order chi connectivity index (χ1) is 17.4. The van der Waals surface area contributed by atoms with Gasteiger partial charge in [-0.15, -0.1) is 11.3 Å². The zero-order valence-electron chi connectivity index (χ0n) is 20.6. The van der Waals surface area contributed by atoms with Crippen molar-refractivity contribution >= 4 is 39.0 Å². The Morgan fingerprint density at radius 2 is 1.92 bits per heavy atom. The van der Waals surface area contributed by atoms with Crippen LogP contribution in [0.3, 0.4) is 0 Å². The molecule has 5 rings (SSSR count). The molecule has 0 spiro atoms. The van der Waals surface area contributed by atoms with Crippen LogP contribution in [0.1, 0.15) is 53.8 Å². The Kier molecular flexibility index (Phi) is 7.36. The molecule has 1 saturated carbocycles. The SMILES string of the molecule is Cc1c(C(=O)NC2CCN(C)CC2)sc2ncnc(Nc3ccc(F)cc3O[C@H]3CC[C@H](O)CC3)c12. The number of carbonyl (C=O) groups is 1. The molecule has 0 radical (unpaired) electrons. The number of hydrogen-bond donors (Lipinski definition) is 3. The lowest BCUT2D eigenvalue weighted by Gasteiger charge is -2.29. The molecule has 1 aliphatic carbocycles. The Morgan fingerprint density at radius 3 is 2.67 bits per heavy atom. The maximum absolute atomic E-state index is 14.1. The fourth-order valence-corrected chi connectivity index (χ4v) is 6.01. The van der Waals surface area contributed by atoms with Crippen LogP contribution in [-0.2, 0) is 0 Å². The zero-order chi connectivity index (χ0) is 25.2. The van der Waals surface area contributed by atoms with Gasteiger partial charge in [0.05, 0.1) is 28.2 Å². The molecule has 3 aromatic rings. The Balaban J connectivity index is 1.38. The number of anilines is 2. The molecule has 10 heteroatoms.